The van der Waals surface area contributed by atoms with Crippen LogP contribution in [0.3, 0.4) is 0 Å². The number of fused-ring (bicyclic) bond motifs is 1. The number of hydrogen-bond acceptors (Lipinski definition) is 9. The molecule has 0 unspecified atom stereocenters. The summed E-state index contributed by atoms with van der Waals surface area (Å²) in [6.45, 7) is 3.71. The average Bonchev–Trinajstić information content (AvgIpc) is 3.56. The van der Waals surface area contributed by atoms with E-state index in [9.17, 15) is 4.79 Å². The fourth-order valence-corrected chi connectivity index (χ4v) is 6.00. The topological polar surface area (TPSA) is 85.8 Å². The van der Waals surface area contributed by atoms with Crippen LogP contribution in [-0.4, -0.2) is 65.8 Å². The van der Waals surface area contributed by atoms with Crippen LogP contribution in [0.15, 0.2) is 22.5 Å². The van der Waals surface area contributed by atoms with Gasteiger partial charge in [-0.25, -0.2) is 0 Å². The third-order valence-electron chi connectivity index (χ3n) is 5.96. The summed E-state index contributed by atoms with van der Waals surface area (Å²) >= 11 is 2.94. The van der Waals surface area contributed by atoms with E-state index in [0.29, 0.717) is 19.0 Å². The minimum atomic E-state index is 0.0818. The molecule has 1 N–H and O–H groups in total. The Labute approximate surface area is 196 Å². The van der Waals surface area contributed by atoms with E-state index in [-0.39, 0.29) is 18.1 Å². The first-order chi connectivity index (χ1) is 15.8. The number of anilines is 1. The van der Waals surface area contributed by atoms with E-state index in [1.54, 1.807) is 0 Å². The smallest absolute Gasteiger partial charge is 0.233 e. The Morgan fingerprint density at radius 2 is 2.03 bits per heavy atom. The predicted molar refractivity (Wildman–Crippen MR) is 124 cm³/mol. The first kappa shape index (κ1) is 21.8. The van der Waals surface area contributed by atoms with Gasteiger partial charge in [0.25, 0.3) is 0 Å². The maximum Gasteiger partial charge on any atom is 0.233 e. The molecule has 0 saturated carbocycles. The first-order valence-corrected chi connectivity index (χ1v) is 13.1. The molecule has 8 nitrogen and oxygen atoms in total. The molecule has 4 heterocycles. The van der Waals surface area contributed by atoms with E-state index < -0.39 is 0 Å². The molecule has 5 rings (SSSR count). The fourth-order valence-electron chi connectivity index (χ4n) is 4.35. The number of benzene rings is 1. The van der Waals surface area contributed by atoms with Crippen molar-refractivity contribution in [2.45, 2.75) is 48.6 Å². The Kier molecular flexibility index (Phi) is 6.99. The van der Waals surface area contributed by atoms with Crippen LogP contribution >= 0.6 is 23.1 Å². The summed E-state index contributed by atoms with van der Waals surface area (Å²) in [7, 11) is 0. The number of amides is 1. The van der Waals surface area contributed by atoms with Crippen LogP contribution in [0.2, 0.25) is 0 Å². The molecule has 2 saturated heterocycles. The molecule has 0 bridgehead atoms. The minimum absolute atomic E-state index is 0.0818. The van der Waals surface area contributed by atoms with Crippen LogP contribution < -0.4 is 14.8 Å². The van der Waals surface area contributed by atoms with Crippen molar-refractivity contribution in [1.29, 1.82) is 0 Å². The van der Waals surface area contributed by atoms with Crippen molar-refractivity contribution in [2.75, 3.05) is 44.0 Å². The number of aromatic nitrogens is 2. The third-order valence-corrected chi connectivity index (χ3v) is 7.96. The highest BCUT2D eigenvalue weighted by atomic mass is 32.2. The van der Waals surface area contributed by atoms with Gasteiger partial charge in [-0.2, -0.15) is 0 Å². The first-order valence-electron chi connectivity index (χ1n) is 11.3. The highest BCUT2D eigenvalue weighted by molar-refractivity contribution is 8.01. The molecular formula is C22H28N4O4S2. The summed E-state index contributed by atoms with van der Waals surface area (Å²) in [4.78, 5) is 15.0. The SMILES string of the molecule is O=C(CSc1nnc(NC[C@H]2CCCO2)s1)N1CCC[C@@H]1c1ccc2c(c1)OCCCO2. The van der Waals surface area contributed by atoms with Gasteiger partial charge < -0.3 is 24.4 Å². The average molecular weight is 477 g/mol. The van der Waals surface area contributed by atoms with E-state index >= 15 is 0 Å². The van der Waals surface area contributed by atoms with Crippen molar-refractivity contribution < 1.29 is 19.0 Å². The van der Waals surface area contributed by atoms with Gasteiger partial charge in [0.1, 0.15) is 0 Å². The molecule has 1 aromatic heterocycles. The van der Waals surface area contributed by atoms with E-state index in [1.807, 2.05) is 17.0 Å². The zero-order chi connectivity index (χ0) is 21.8. The van der Waals surface area contributed by atoms with Crippen LogP contribution in [0, 0.1) is 0 Å². The zero-order valence-electron chi connectivity index (χ0n) is 18.0. The molecule has 2 atom stereocenters. The van der Waals surface area contributed by atoms with E-state index in [1.165, 1.54) is 23.1 Å². The summed E-state index contributed by atoms with van der Waals surface area (Å²) in [5, 5.41) is 12.5. The largest absolute Gasteiger partial charge is 0.490 e. The molecule has 3 aliphatic heterocycles. The highest BCUT2D eigenvalue weighted by Gasteiger charge is 2.31. The Hall–Kier alpha value is -2.04. The van der Waals surface area contributed by atoms with Gasteiger partial charge in [-0.3, -0.25) is 4.79 Å². The maximum atomic E-state index is 13.0. The van der Waals surface area contributed by atoms with E-state index in [4.69, 9.17) is 14.2 Å². The van der Waals surface area contributed by atoms with Crippen LogP contribution in [0.25, 0.3) is 0 Å². The van der Waals surface area contributed by atoms with Crippen LogP contribution in [0.5, 0.6) is 11.5 Å². The maximum absolute atomic E-state index is 13.0. The number of ether oxygens (including phenoxy) is 3. The normalized spacial score (nSPS) is 22.7. The summed E-state index contributed by atoms with van der Waals surface area (Å²) < 4.78 is 18.0. The van der Waals surface area contributed by atoms with Gasteiger partial charge >= 0.3 is 0 Å². The second-order valence-corrected chi connectivity index (χ2v) is 10.4. The Bertz CT molecular complexity index is 934. The van der Waals surface area contributed by atoms with E-state index in [2.05, 4.69) is 21.6 Å². The van der Waals surface area contributed by atoms with Crippen molar-refractivity contribution in [3.8, 4) is 11.5 Å². The molecule has 3 aliphatic rings. The van der Waals surface area contributed by atoms with Gasteiger partial charge in [0.2, 0.25) is 11.0 Å². The summed E-state index contributed by atoms with van der Waals surface area (Å²) in [5.74, 6) is 2.07. The molecule has 1 amide bonds. The molecule has 2 fully saturated rings. The molecule has 2 aromatic rings. The summed E-state index contributed by atoms with van der Waals surface area (Å²) in [6.07, 6.45) is 5.32. The fraction of sp³-hybridized carbons (Fsp3) is 0.591. The third kappa shape index (κ3) is 5.13. The number of nitrogens with one attached hydrogen (secondary N) is 1. The lowest BCUT2D eigenvalue weighted by atomic mass is 10.0. The molecule has 32 heavy (non-hydrogen) atoms. The van der Waals surface area contributed by atoms with Gasteiger partial charge in [0.05, 0.1) is 31.1 Å². The van der Waals surface area contributed by atoms with Crippen molar-refractivity contribution in [1.82, 2.24) is 15.1 Å². The molecule has 0 radical (unpaired) electrons. The number of rotatable bonds is 7. The zero-order valence-corrected chi connectivity index (χ0v) is 19.6. The van der Waals surface area contributed by atoms with Crippen LogP contribution in [-0.2, 0) is 9.53 Å². The van der Waals surface area contributed by atoms with E-state index in [0.717, 1.165) is 78.3 Å². The molecule has 0 spiro atoms. The number of carbonyl (C=O) groups is 1. The van der Waals surface area contributed by atoms with Gasteiger partial charge in [-0.15, -0.1) is 10.2 Å². The van der Waals surface area contributed by atoms with Crippen molar-refractivity contribution >= 4 is 34.1 Å². The molecule has 1 aromatic carbocycles. The van der Waals surface area contributed by atoms with Crippen LogP contribution in [0.4, 0.5) is 5.13 Å². The predicted octanol–water partition coefficient (Wildman–Crippen LogP) is 3.75. The van der Waals surface area contributed by atoms with Crippen molar-refractivity contribution in [3.63, 3.8) is 0 Å². The van der Waals surface area contributed by atoms with Gasteiger partial charge in [-0.1, -0.05) is 29.2 Å². The lowest BCUT2D eigenvalue weighted by Crippen LogP contribution is -2.32. The highest BCUT2D eigenvalue weighted by Crippen LogP contribution is 2.38. The molecule has 10 heteroatoms. The Balaban J connectivity index is 1.16. The monoisotopic (exact) mass is 476 g/mol. The van der Waals surface area contributed by atoms with Crippen molar-refractivity contribution in [3.05, 3.63) is 23.8 Å². The number of likely N-dealkylation sites (tertiary alicyclic amines) is 1. The number of carbonyl (C=O) groups excluding carboxylic acids is 1. The Morgan fingerprint density at radius 1 is 1.12 bits per heavy atom. The number of hydrogen-bond donors (Lipinski definition) is 1. The van der Waals surface area contributed by atoms with Crippen LogP contribution in [0.1, 0.15) is 43.7 Å². The van der Waals surface area contributed by atoms with Gasteiger partial charge in [-0.05, 0) is 43.4 Å². The molecule has 172 valence electrons. The lowest BCUT2D eigenvalue weighted by Gasteiger charge is -2.25. The molecule has 0 aliphatic carbocycles. The summed E-state index contributed by atoms with van der Waals surface area (Å²) in [5.41, 5.74) is 1.11. The van der Waals surface area contributed by atoms with Gasteiger partial charge in [0, 0.05) is 26.1 Å². The Morgan fingerprint density at radius 3 is 2.91 bits per heavy atom. The van der Waals surface area contributed by atoms with Gasteiger partial charge in [0.15, 0.2) is 15.8 Å². The quantitative estimate of drug-likeness (QED) is 0.605. The lowest BCUT2D eigenvalue weighted by molar-refractivity contribution is -0.129. The summed E-state index contributed by atoms with van der Waals surface area (Å²) in [6, 6.07) is 6.16. The second kappa shape index (κ2) is 10.3. The standard InChI is InChI=1S/C22H28N4O4S2/c27-20(14-31-22-25-24-21(32-22)23-13-16-4-2-9-28-16)26-8-1-5-17(26)15-6-7-18-19(12-15)30-11-3-10-29-18/h6-7,12,16-17H,1-5,8-11,13-14H2,(H,23,24)/t16-,17-/m1/s1. The van der Waals surface area contributed by atoms with Crippen molar-refractivity contribution in [2.24, 2.45) is 0 Å². The number of nitrogens with zero attached hydrogens (tertiary/aromatic N) is 3. The number of thioether (sulfide) groups is 1. The second-order valence-electron chi connectivity index (χ2n) is 8.18. The minimum Gasteiger partial charge on any atom is -0.490 e. The molecular weight excluding hydrogens is 448 g/mol.